The van der Waals surface area contributed by atoms with Crippen LogP contribution < -0.4 is 4.90 Å². The number of anilines is 1. The first-order valence-corrected chi connectivity index (χ1v) is 6.01. The molecule has 1 aromatic rings. The van der Waals surface area contributed by atoms with Gasteiger partial charge in [-0.2, -0.15) is 0 Å². The second-order valence-electron chi connectivity index (χ2n) is 4.36. The van der Waals surface area contributed by atoms with Crippen LogP contribution in [0.1, 0.15) is 18.1 Å². The maximum Gasteiger partial charge on any atom is 0.328 e. The van der Waals surface area contributed by atoms with Gasteiger partial charge in [-0.3, -0.25) is 9.69 Å². The van der Waals surface area contributed by atoms with Crippen LogP contribution in [-0.4, -0.2) is 36.7 Å². The second kappa shape index (κ2) is 6.33. The number of carbonyl (C=O) groups is 2. The Kier molecular flexibility index (Phi) is 5.06. The Morgan fingerprint density at radius 3 is 2.26 bits per heavy atom. The molecule has 0 bridgehead atoms. The van der Waals surface area contributed by atoms with Crippen LogP contribution in [-0.2, 0) is 14.3 Å². The molecule has 0 unspecified atom stereocenters. The fourth-order valence-corrected chi connectivity index (χ4v) is 2.07. The van der Waals surface area contributed by atoms with Crippen molar-refractivity contribution in [2.75, 3.05) is 18.6 Å². The van der Waals surface area contributed by atoms with Gasteiger partial charge in [-0.05, 0) is 31.9 Å². The highest BCUT2D eigenvalue weighted by molar-refractivity contribution is 6.01. The van der Waals surface area contributed by atoms with Gasteiger partial charge in [0.25, 0.3) is 5.91 Å². The first-order chi connectivity index (χ1) is 8.93. The predicted octanol–water partition coefficient (Wildman–Crippen LogP) is 1.19. The molecule has 0 heterocycles. The zero-order chi connectivity index (χ0) is 14.6. The minimum atomic E-state index is -0.788. The molecular formula is C14H19NO4. The lowest BCUT2D eigenvalue weighted by Gasteiger charge is -2.29. The number of hydrogen-bond donors (Lipinski definition) is 1. The van der Waals surface area contributed by atoms with E-state index in [0.717, 1.165) is 11.1 Å². The Morgan fingerprint density at radius 2 is 1.84 bits per heavy atom. The summed E-state index contributed by atoms with van der Waals surface area (Å²) in [6.45, 7) is 4.62. The molecule has 0 fully saturated rings. The zero-order valence-corrected chi connectivity index (χ0v) is 11.6. The topological polar surface area (TPSA) is 66.8 Å². The number of amides is 1. The lowest BCUT2D eigenvalue weighted by molar-refractivity contribution is -0.143. The highest BCUT2D eigenvalue weighted by Gasteiger charge is 2.29. The van der Waals surface area contributed by atoms with Gasteiger partial charge in [0, 0.05) is 0 Å². The van der Waals surface area contributed by atoms with E-state index < -0.39 is 24.5 Å². The molecule has 0 spiro atoms. The summed E-state index contributed by atoms with van der Waals surface area (Å²) in [6, 6.07) is 4.79. The molecule has 1 aromatic carbocycles. The van der Waals surface area contributed by atoms with Crippen LogP contribution in [0.5, 0.6) is 0 Å². The van der Waals surface area contributed by atoms with Crippen LogP contribution in [0.25, 0.3) is 0 Å². The summed E-state index contributed by atoms with van der Waals surface area (Å²) in [5.74, 6) is -1.06. The van der Waals surface area contributed by atoms with Gasteiger partial charge in [-0.25, -0.2) is 4.79 Å². The van der Waals surface area contributed by atoms with E-state index >= 15 is 0 Å². The van der Waals surface area contributed by atoms with Crippen molar-refractivity contribution in [3.63, 3.8) is 0 Å². The summed E-state index contributed by atoms with van der Waals surface area (Å²) in [5, 5.41) is 9.11. The Morgan fingerprint density at radius 1 is 1.32 bits per heavy atom. The lowest BCUT2D eigenvalue weighted by atomic mass is 10.1. The fraction of sp³-hybridized carbons (Fsp3) is 0.429. The number of hydrogen-bond acceptors (Lipinski definition) is 4. The number of para-hydroxylation sites is 1. The third-order valence-electron chi connectivity index (χ3n) is 3.01. The van der Waals surface area contributed by atoms with E-state index in [0.29, 0.717) is 5.69 Å². The normalized spacial score (nSPS) is 11.8. The van der Waals surface area contributed by atoms with Gasteiger partial charge in [0.2, 0.25) is 0 Å². The van der Waals surface area contributed by atoms with E-state index in [1.807, 2.05) is 32.0 Å². The van der Waals surface area contributed by atoms with Crippen molar-refractivity contribution in [3.8, 4) is 0 Å². The van der Waals surface area contributed by atoms with Crippen molar-refractivity contribution in [3.05, 3.63) is 29.3 Å². The van der Waals surface area contributed by atoms with E-state index in [1.54, 1.807) is 6.92 Å². The van der Waals surface area contributed by atoms with Crippen LogP contribution in [0.15, 0.2) is 18.2 Å². The number of aliphatic hydroxyl groups is 1. The van der Waals surface area contributed by atoms with Crippen LogP contribution in [0.2, 0.25) is 0 Å². The van der Waals surface area contributed by atoms with E-state index in [2.05, 4.69) is 4.74 Å². The van der Waals surface area contributed by atoms with Crippen molar-refractivity contribution >= 4 is 17.6 Å². The Labute approximate surface area is 112 Å². The fourth-order valence-electron chi connectivity index (χ4n) is 2.07. The Balaban J connectivity index is 3.32. The average Bonchev–Trinajstić information content (AvgIpc) is 2.40. The summed E-state index contributed by atoms with van der Waals surface area (Å²) in [6.07, 6.45) is 0. The summed E-state index contributed by atoms with van der Waals surface area (Å²) in [4.78, 5) is 24.9. The molecule has 0 aromatic heterocycles. The third kappa shape index (κ3) is 3.12. The number of methoxy groups -OCH3 is 1. The van der Waals surface area contributed by atoms with Gasteiger partial charge in [0.15, 0.2) is 0 Å². The summed E-state index contributed by atoms with van der Waals surface area (Å²) >= 11 is 0. The van der Waals surface area contributed by atoms with Crippen molar-refractivity contribution in [1.29, 1.82) is 0 Å². The molecule has 5 heteroatoms. The molecule has 1 atom stereocenters. The minimum absolute atomic E-state index is 0.524. The summed E-state index contributed by atoms with van der Waals surface area (Å²) in [7, 11) is 1.27. The van der Waals surface area contributed by atoms with Crippen LogP contribution >= 0.6 is 0 Å². The maximum absolute atomic E-state index is 11.9. The molecule has 0 aliphatic carbocycles. The van der Waals surface area contributed by atoms with Crippen molar-refractivity contribution in [2.45, 2.75) is 26.8 Å². The molecule has 0 saturated heterocycles. The van der Waals surface area contributed by atoms with E-state index in [1.165, 1.54) is 12.0 Å². The molecule has 5 nitrogen and oxygen atoms in total. The first kappa shape index (κ1) is 15.2. The molecule has 0 aliphatic heterocycles. The number of rotatable bonds is 4. The lowest BCUT2D eigenvalue weighted by Crippen LogP contribution is -2.46. The Hall–Kier alpha value is -1.88. The SMILES string of the molecule is COC(=O)[C@H](C)N(C(=O)CO)c1c(C)cccc1C. The predicted molar refractivity (Wildman–Crippen MR) is 72.0 cm³/mol. The van der Waals surface area contributed by atoms with Gasteiger partial charge in [0.05, 0.1) is 12.8 Å². The van der Waals surface area contributed by atoms with Crippen molar-refractivity contribution in [1.82, 2.24) is 0 Å². The molecule has 1 rings (SSSR count). The number of aliphatic hydroxyl groups excluding tert-OH is 1. The van der Waals surface area contributed by atoms with Crippen LogP contribution in [0.3, 0.4) is 0 Å². The van der Waals surface area contributed by atoms with Crippen molar-refractivity contribution < 1.29 is 19.4 Å². The number of aryl methyl sites for hydroxylation is 2. The monoisotopic (exact) mass is 265 g/mol. The standard InChI is InChI=1S/C14H19NO4/c1-9-6-5-7-10(2)13(9)15(12(17)8-16)11(3)14(18)19-4/h5-7,11,16H,8H2,1-4H3/t11-/m0/s1. The highest BCUT2D eigenvalue weighted by Crippen LogP contribution is 2.26. The second-order valence-corrected chi connectivity index (χ2v) is 4.36. The van der Waals surface area contributed by atoms with Gasteiger partial charge in [-0.15, -0.1) is 0 Å². The maximum atomic E-state index is 11.9. The summed E-state index contributed by atoms with van der Waals surface area (Å²) < 4.78 is 4.67. The van der Waals surface area contributed by atoms with Gasteiger partial charge in [-0.1, -0.05) is 18.2 Å². The molecule has 0 radical (unpaired) electrons. The van der Waals surface area contributed by atoms with Gasteiger partial charge >= 0.3 is 5.97 Å². The number of ether oxygens (including phenoxy) is 1. The number of esters is 1. The number of carbonyl (C=O) groups excluding carboxylic acids is 2. The molecule has 0 saturated carbocycles. The quantitative estimate of drug-likeness (QED) is 0.830. The van der Waals surface area contributed by atoms with E-state index in [9.17, 15) is 9.59 Å². The number of benzene rings is 1. The van der Waals surface area contributed by atoms with Crippen LogP contribution in [0.4, 0.5) is 5.69 Å². The average molecular weight is 265 g/mol. The molecule has 19 heavy (non-hydrogen) atoms. The third-order valence-corrected chi connectivity index (χ3v) is 3.01. The molecule has 0 aliphatic rings. The minimum Gasteiger partial charge on any atom is -0.467 e. The summed E-state index contributed by atoms with van der Waals surface area (Å²) in [5.41, 5.74) is 2.36. The first-order valence-electron chi connectivity index (χ1n) is 6.01. The largest absolute Gasteiger partial charge is 0.467 e. The molecule has 104 valence electrons. The number of nitrogens with zero attached hydrogens (tertiary/aromatic N) is 1. The van der Waals surface area contributed by atoms with E-state index in [4.69, 9.17) is 5.11 Å². The van der Waals surface area contributed by atoms with Crippen molar-refractivity contribution in [2.24, 2.45) is 0 Å². The van der Waals surface area contributed by atoms with E-state index in [-0.39, 0.29) is 0 Å². The molecular weight excluding hydrogens is 246 g/mol. The smallest absolute Gasteiger partial charge is 0.328 e. The van der Waals surface area contributed by atoms with Gasteiger partial charge in [0.1, 0.15) is 12.6 Å². The zero-order valence-electron chi connectivity index (χ0n) is 11.6. The van der Waals surface area contributed by atoms with Gasteiger partial charge < -0.3 is 9.84 Å². The van der Waals surface area contributed by atoms with Crippen LogP contribution in [0, 0.1) is 13.8 Å². The molecule has 1 N–H and O–H groups in total. The highest BCUT2D eigenvalue weighted by atomic mass is 16.5. The Bertz CT molecular complexity index is 464. The molecule has 1 amide bonds.